The summed E-state index contributed by atoms with van der Waals surface area (Å²) in [6.07, 6.45) is 5.96. The number of nitrogens with one attached hydrogen (secondary N) is 1. The molecule has 15 heavy (non-hydrogen) atoms. The molecule has 2 rings (SSSR count). The molecule has 1 aliphatic heterocycles. The van der Waals surface area contributed by atoms with Crippen molar-refractivity contribution in [3.8, 4) is 0 Å². The molecule has 3 nitrogen and oxygen atoms in total. The largest absolute Gasteiger partial charge is 0.323 e. The molecule has 1 aliphatic carbocycles. The predicted molar refractivity (Wildman–Crippen MR) is 60.0 cm³/mol. The Bertz CT molecular complexity index is 288. The van der Waals surface area contributed by atoms with Crippen LogP contribution in [-0.4, -0.2) is 23.9 Å². The van der Waals surface area contributed by atoms with Crippen molar-refractivity contribution in [2.45, 2.75) is 39.5 Å². The first kappa shape index (κ1) is 10.7. The molecule has 0 aromatic carbocycles. The molecule has 84 valence electrons. The van der Waals surface area contributed by atoms with Crippen molar-refractivity contribution in [3.05, 3.63) is 11.8 Å². The minimum Gasteiger partial charge on any atom is -0.323 e. The van der Waals surface area contributed by atoms with E-state index < -0.39 is 0 Å². The van der Waals surface area contributed by atoms with Crippen molar-refractivity contribution in [1.82, 2.24) is 10.4 Å². The van der Waals surface area contributed by atoms with Crippen molar-refractivity contribution in [2.24, 2.45) is 5.41 Å². The molecule has 1 saturated heterocycles. The topological polar surface area (TPSA) is 32.3 Å². The van der Waals surface area contributed by atoms with Gasteiger partial charge in [-0.25, -0.2) is 5.01 Å². The standard InChI is InChI=1S/C12H20N2O/c1-12(2)8-10(7-11(15)9-12)13-14-5-3-4-6-14/h7,13H,3-6,8-9H2,1-2H3. The second kappa shape index (κ2) is 3.97. The lowest BCUT2D eigenvalue weighted by Gasteiger charge is -2.31. The fourth-order valence-corrected chi connectivity index (χ4v) is 2.45. The molecule has 0 saturated carbocycles. The lowest BCUT2D eigenvalue weighted by Crippen LogP contribution is -2.38. The van der Waals surface area contributed by atoms with E-state index >= 15 is 0 Å². The van der Waals surface area contributed by atoms with Crippen molar-refractivity contribution in [1.29, 1.82) is 0 Å². The lowest BCUT2D eigenvalue weighted by molar-refractivity contribution is -0.117. The molecule has 0 spiro atoms. The molecule has 2 aliphatic rings. The van der Waals surface area contributed by atoms with E-state index in [9.17, 15) is 4.79 Å². The van der Waals surface area contributed by atoms with Crippen molar-refractivity contribution >= 4 is 5.78 Å². The van der Waals surface area contributed by atoms with E-state index in [0.717, 1.165) is 25.2 Å². The maximum absolute atomic E-state index is 11.5. The van der Waals surface area contributed by atoms with Gasteiger partial charge in [0.1, 0.15) is 0 Å². The highest BCUT2D eigenvalue weighted by Gasteiger charge is 2.28. The van der Waals surface area contributed by atoms with E-state index in [-0.39, 0.29) is 11.2 Å². The third kappa shape index (κ3) is 2.81. The first-order valence-electron chi connectivity index (χ1n) is 5.80. The molecule has 1 heterocycles. The Morgan fingerprint density at radius 2 is 1.93 bits per heavy atom. The number of carbonyl (C=O) groups excluding carboxylic acids is 1. The smallest absolute Gasteiger partial charge is 0.158 e. The number of hydrogen-bond donors (Lipinski definition) is 1. The van der Waals surface area contributed by atoms with Gasteiger partial charge in [-0.2, -0.15) is 0 Å². The van der Waals surface area contributed by atoms with Crippen molar-refractivity contribution < 1.29 is 4.79 Å². The van der Waals surface area contributed by atoms with E-state index in [2.05, 4.69) is 24.3 Å². The van der Waals surface area contributed by atoms with E-state index in [1.165, 1.54) is 12.8 Å². The first-order chi connectivity index (χ1) is 7.05. The van der Waals surface area contributed by atoms with E-state index in [1.807, 2.05) is 0 Å². The number of allylic oxidation sites excluding steroid dienone is 2. The molecule has 1 N–H and O–H groups in total. The van der Waals surface area contributed by atoms with Gasteiger partial charge in [0.05, 0.1) is 0 Å². The van der Waals surface area contributed by atoms with Crippen LogP contribution in [0, 0.1) is 5.41 Å². The zero-order chi connectivity index (χ0) is 10.9. The molecule has 1 fully saturated rings. The zero-order valence-electron chi connectivity index (χ0n) is 9.68. The molecule has 0 radical (unpaired) electrons. The fraction of sp³-hybridized carbons (Fsp3) is 0.750. The van der Waals surface area contributed by atoms with Crippen LogP contribution in [0.25, 0.3) is 0 Å². The Morgan fingerprint density at radius 3 is 2.53 bits per heavy atom. The number of hydrazine groups is 1. The van der Waals surface area contributed by atoms with E-state index in [0.29, 0.717) is 6.42 Å². The van der Waals surface area contributed by atoms with E-state index in [1.54, 1.807) is 6.08 Å². The summed E-state index contributed by atoms with van der Waals surface area (Å²) in [6, 6.07) is 0. The SMILES string of the molecule is CC1(C)CC(=O)C=C(NN2CCCC2)C1. The van der Waals surface area contributed by atoms with Gasteiger partial charge in [0.25, 0.3) is 0 Å². The summed E-state index contributed by atoms with van der Waals surface area (Å²) in [5, 5.41) is 2.22. The second-order valence-electron chi connectivity index (χ2n) is 5.46. The minimum absolute atomic E-state index is 0.119. The molecule has 0 amide bonds. The van der Waals surface area contributed by atoms with Gasteiger partial charge in [-0.15, -0.1) is 0 Å². The highest BCUT2D eigenvalue weighted by atomic mass is 16.1. The van der Waals surface area contributed by atoms with Crippen LogP contribution in [0.5, 0.6) is 0 Å². The Labute approximate surface area is 91.5 Å². The molecular weight excluding hydrogens is 188 g/mol. The van der Waals surface area contributed by atoms with Crippen LogP contribution in [0.2, 0.25) is 0 Å². The van der Waals surface area contributed by atoms with Gasteiger partial charge in [-0.1, -0.05) is 13.8 Å². The zero-order valence-corrected chi connectivity index (χ0v) is 9.68. The Balaban J connectivity index is 1.98. The summed E-state index contributed by atoms with van der Waals surface area (Å²) in [7, 11) is 0. The summed E-state index contributed by atoms with van der Waals surface area (Å²) in [6.45, 7) is 6.52. The molecule has 0 aromatic heterocycles. The van der Waals surface area contributed by atoms with Crippen molar-refractivity contribution in [2.75, 3.05) is 13.1 Å². The highest BCUT2D eigenvalue weighted by molar-refractivity contribution is 5.91. The van der Waals surface area contributed by atoms with Crippen LogP contribution < -0.4 is 5.43 Å². The maximum Gasteiger partial charge on any atom is 0.158 e. The Kier molecular flexibility index (Phi) is 2.83. The number of ketones is 1. The van der Waals surface area contributed by atoms with Crippen LogP contribution in [0.4, 0.5) is 0 Å². The molecular formula is C12H20N2O. The minimum atomic E-state index is 0.119. The summed E-state index contributed by atoms with van der Waals surface area (Å²) in [5.41, 5.74) is 4.59. The average Bonchev–Trinajstić information content (AvgIpc) is 2.52. The van der Waals surface area contributed by atoms with Crippen molar-refractivity contribution in [3.63, 3.8) is 0 Å². The molecule has 0 atom stereocenters. The fourth-order valence-electron chi connectivity index (χ4n) is 2.45. The number of rotatable bonds is 2. The summed E-state index contributed by atoms with van der Waals surface area (Å²) < 4.78 is 0. The third-order valence-corrected chi connectivity index (χ3v) is 3.06. The normalized spacial score (nSPS) is 26.5. The van der Waals surface area contributed by atoms with Gasteiger partial charge in [0.2, 0.25) is 0 Å². The van der Waals surface area contributed by atoms with E-state index in [4.69, 9.17) is 0 Å². The van der Waals surface area contributed by atoms with Gasteiger partial charge >= 0.3 is 0 Å². The maximum atomic E-state index is 11.5. The Morgan fingerprint density at radius 1 is 1.27 bits per heavy atom. The number of hydrogen-bond acceptors (Lipinski definition) is 3. The van der Waals surface area contributed by atoms with Gasteiger partial charge in [-0.05, 0) is 24.7 Å². The van der Waals surface area contributed by atoms with Gasteiger partial charge < -0.3 is 5.43 Å². The lowest BCUT2D eigenvalue weighted by atomic mass is 9.79. The first-order valence-corrected chi connectivity index (χ1v) is 5.80. The monoisotopic (exact) mass is 208 g/mol. The average molecular weight is 208 g/mol. The van der Waals surface area contributed by atoms with Crippen LogP contribution in [-0.2, 0) is 4.79 Å². The summed E-state index contributed by atoms with van der Waals surface area (Å²) in [4.78, 5) is 11.5. The number of carbonyl (C=O) groups is 1. The third-order valence-electron chi connectivity index (χ3n) is 3.06. The summed E-state index contributed by atoms with van der Waals surface area (Å²) in [5.74, 6) is 0.257. The van der Waals surface area contributed by atoms with Crippen LogP contribution in [0.3, 0.4) is 0 Å². The van der Waals surface area contributed by atoms with Gasteiger partial charge in [0.15, 0.2) is 5.78 Å². The number of nitrogens with zero attached hydrogens (tertiary/aromatic N) is 1. The van der Waals surface area contributed by atoms with Crippen LogP contribution in [0.1, 0.15) is 39.5 Å². The highest BCUT2D eigenvalue weighted by Crippen LogP contribution is 2.32. The molecule has 3 heteroatoms. The van der Waals surface area contributed by atoms with Crippen LogP contribution in [0.15, 0.2) is 11.8 Å². The molecule has 0 aromatic rings. The van der Waals surface area contributed by atoms with Gasteiger partial charge in [0, 0.05) is 31.3 Å². The molecule has 0 bridgehead atoms. The quantitative estimate of drug-likeness (QED) is 0.751. The second-order valence-corrected chi connectivity index (χ2v) is 5.46. The van der Waals surface area contributed by atoms with Gasteiger partial charge in [-0.3, -0.25) is 4.79 Å². The van der Waals surface area contributed by atoms with Crippen LogP contribution >= 0.6 is 0 Å². The predicted octanol–water partition coefficient (Wildman–Crippen LogP) is 1.86. The summed E-state index contributed by atoms with van der Waals surface area (Å²) >= 11 is 0. The Hall–Kier alpha value is -0.830. The molecule has 0 unspecified atom stereocenters.